The molecule has 25 heavy (non-hydrogen) atoms. The lowest BCUT2D eigenvalue weighted by Gasteiger charge is -2.26. The third kappa shape index (κ3) is 2.68. The maximum atomic E-state index is 13.2. The van der Waals surface area contributed by atoms with Gasteiger partial charge in [-0.15, -0.1) is 0 Å². The number of fused-ring (bicyclic) bond motifs is 1. The first-order valence-corrected chi connectivity index (χ1v) is 8.27. The van der Waals surface area contributed by atoms with Crippen molar-refractivity contribution in [3.63, 3.8) is 0 Å². The van der Waals surface area contributed by atoms with Gasteiger partial charge in [-0.25, -0.2) is 4.79 Å². The predicted octanol–water partition coefficient (Wildman–Crippen LogP) is 1.48. The third-order valence-corrected chi connectivity index (χ3v) is 4.79. The van der Waals surface area contributed by atoms with Gasteiger partial charge in [-0.1, -0.05) is 0 Å². The average molecular weight is 342 g/mol. The Morgan fingerprint density at radius 3 is 2.92 bits per heavy atom. The average Bonchev–Trinajstić information content (AvgIpc) is 3.27. The number of aromatic carboxylic acids is 1. The van der Waals surface area contributed by atoms with Gasteiger partial charge in [-0.2, -0.15) is 0 Å². The zero-order valence-electron chi connectivity index (χ0n) is 13.6. The quantitative estimate of drug-likeness (QED) is 0.907. The van der Waals surface area contributed by atoms with E-state index in [0.717, 1.165) is 18.5 Å². The number of carbonyl (C=O) groups excluding carboxylic acids is 1. The molecule has 1 saturated heterocycles. The number of likely N-dealkylation sites (tertiary alicyclic amines) is 1. The first kappa shape index (κ1) is 15.8. The van der Waals surface area contributed by atoms with Gasteiger partial charge in [0.1, 0.15) is 5.69 Å². The largest absolute Gasteiger partial charge is 0.478 e. The van der Waals surface area contributed by atoms with Crippen LogP contribution < -0.4 is 0 Å². The molecule has 1 amide bonds. The Balaban J connectivity index is 1.70. The zero-order valence-corrected chi connectivity index (χ0v) is 13.6. The topological polar surface area (TPSA) is 97.5 Å². The number of carboxylic acids is 1. The summed E-state index contributed by atoms with van der Waals surface area (Å²) in [6.45, 7) is 1.78. The number of nitrogens with zero attached hydrogens (tertiary/aromatic N) is 4. The maximum absolute atomic E-state index is 13.2. The highest BCUT2D eigenvalue weighted by Crippen LogP contribution is 2.33. The summed E-state index contributed by atoms with van der Waals surface area (Å²) >= 11 is 0. The van der Waals surface area contributed by atoms with Crippen LogP contribution in [0.1, 0.15) is 51.1 Å². The highest BCUT2D eigenvalue weighted by atomic mass is 16.5. The summed E-state index contributed by atoms with van der Waals surface area (Å²) in [5.74, 6) is -1.20. The first-order valence-electron chi connectivity index (χ1n) is 8.27. The van der Waals surface area contributed by atoms with Gasteiger partial charge in [0.05, 0.1) is 42.4 Å². The van der Waals surface area contributed by atoms with Crippen LogP contribution in [0.15, 0.2) is 24.7 Å². The van der Waals surface area contributed by atoms with E-state index in [-0.39, 0.29) is 24.1 Å². The fraction of sp³-hybridized carbons (Fsp3) is 0.412. The number of ether oxygens (including phenoxy) is 1. The van der Waals surface area contributed by atoms with E-state index in [9.17, 15) is 14.7 Å². The fourth-order valence-electron chi connectivity index (χ4n) is 3.63. The van der Waals surface area contributed by atoms with Crippen molar-refractivity contribution in [1.82, 2.24) is 19.4 Å². The van der Waals surface area contributed by atoms with E-state index in [4.69, 9.17) is 4.74 Å². The molecule has 130 valence electrons. The summed E-state index contributed by atoms with van der Waals surface area (Å²) in [5.41, 5.74) is 1.86. The van der Waals surface area contributed by atoms with Gasteiger partial charge in [-0.05, 0) is 18.9 Å². The van der Waals surface area contributed by atoms with E-state index in [1.807, 2.05) is 0 Å². The minimum Gasteiger partial charge on any atom is -0.478 e. The van der Waals surface area contributed by atoms with Crippen LogP contribution in [0.4, 0.5) is 0 Å². The molecule has 1 N–H and O–H groups in total. The molecule has 2 aromatic heterocycles. The number of rotatable bonds is 3. The molecule has 0 aliphatic carbocycles. The zero-order chi connectivity index (χ0) is 17.4. The number of hydrogen-bond donors (Lipinski definition) is 1. The van der Waals surface area contributed by atoms with Crippen molar-refractivity contribution < 1.29 is 19.4 Å². The highest BCUT2D eigenvalue weighted by molar-refractivity contribution is 5.98. The molecule has 1 atom stereocenters. The number of amides is 1. The molecule has 2 aliphatic rings. The lowest BCUT2D eigenvalue weighted by molar-refractivity contribution is 0.0637. The number of hydrogen-bond acceptors (Lipinski definition) is 5. The third-order valence-electron chi connectivity index (χ3n) is 4.79. The predicted molar refractivity (Wildman–Crippen MR) is 86.1 cm³/mol. The summed E-state index contributed by atoms with van der Waals surface area (Å²) in [6, 6.07) is 1.35. The summed E-state index contributed by atoms with van der Waals surface area (Å²) in [5, 5.41) is 9.42. The van der Waals surface area contributed by atoms with Crippen LogP contribution in [0.2, 0.25) is 0 Å². The molecule has 0 bridgehead atoms. The van der Waals surface area contributed by atoms with Crippen LogP contribution in [0.25, 0.3) is 0 Å². The summed E-state index contributed by atoms with van der Waals surface area (Å²) in [4.78, 5) is 34.9. The van der Waals surface area contributed by atoms with Crippen molar-refractivity contribution in [3.8, 4) is 0 Å². The second kappa shape index (κ2) is 6.29. The molecular formula is C17H18N4O4. The van der Waals surface area contributed by atoms with Gasteiger partial charge >= 0.3 is 5.97 Å². The molecule has 0 unspecified atom stereocenters. The SMILES string of the molecule is O=C(O)c1cc(C(=O)N2CCC[C@@H]2c2cnccn2)n2c1COCC2. The smallest absolute Gasteiger partial charge is 0.337 e. The number of aromatic nitrogens is 3. The van der Waals surface area contributed by atoms with Crippen LogP contribution in [-0.2, 0) is 17.9 Å². The molecule has 4 rings (SSSR count). The van der Waals surface area contributed by atoms with Gasteiger partial charge in [0, 0.05) is 25.5 Å². The maximum Gasteiger partial charge on any atom is 0.337 e. The second-order valence-corrected chi connectivity index (χ2v) is 6.19. The van der Waals surface area contributed by atoms with Crippen LogP contribution in [0.5, 0.6) is 0 Å². The molecule has 0 saturated carbocycles. The van der Waals surface area contributed by atoms with Gasteiger partial charge < -0.3 is 19.3 Å². The lowest BCUT2D eigenvalue weighted by atomic mass is 10.1. The van der Waals surface area contributed by atoms with Crippen molar-refractivity contribution in [2.75, 3.05) is 13.2 Å². The second-order valence-electron chi connectivity index (χ2n) is 6.19. The summed E-state index contributed by atoms with van der Waals surface area (Å²) in [7, 11) is 0. The highest BCUT2D eigenvalue weighted by Gasteiger charge is 2.35. The Hall–Kier alpha value is -2.74. The molecule has 2 aromatic rings. The molecule has 2 aliphatic heterocycles. The Bertz CT molecular complexity index is 818. The van der Waals surface area contributed by atoms with E-state index in [1.54, 1.807) is 28.1 Å². The molecule has 0 radical (unpaired) electrons. The molecule has 8 heteroatoms. The Morgan fingerprint density at radius 1 is 1.28 bits per heavy atom. The van der Waals surface area contributed by atoms with Crippen molar-refractivity contribution in [2.24, 2.45) is 0 Å². The van der Waals surface area contributed by atoms with Gasteiger partial charge in [0.2, 0.25) is 0 Å². The van der Waals surface area contributed by atoms with Crippen molar-refractivity contribution in [2.45, 2.75) is 32.0 Å². The summed E-state index contributed by atoms with van der Waals surface area (Å²) in [6.07, 6.45) is 6.62. The standard InChI is InChI=1S/C17H18N4O4/c22-16(21-5-1-2-13(21)12-9-18-3-4-19-12)14-8-11(17(23)24)15-10-25-7-6-20(14)15/h3-4,8-9,13H,1-2,5-7,10H2,(H,23,24)/t13-/m1/s1. The van der Waals surface area contributed by atoms with Crippen molar-refractivity contribution in [1.29, 1.82) is 0 Å². The number of carboxylic acid groups (broad SMARTS) is 1. The molecular weight excluding hydrogens is 324 g/mol. The van der Waals surface area contributed by atoms with Crippen LogP contribution in [0.3, 0.4) is 0 Å². The molecule has 4 heterocycles. The van der Waals surface area contributed by atoms with Gasteiger partial charge in [0.15, 0.2) is 0 Å². The normalized spacial score (nSPS) is 19.7. The van der Waals surface area contributed by atoms with Crippen LogP contribution in [-0.4, -0.2) is 49.6 Å². The van der Waals surface area contributed by atoms with Crippen LogP contribution in [0, 0.1) is 0 Å². The van der Waals surface area contributed by atoms with Gasteiger partial charge in [0.25, 0.3) is 5.91 Å². The molecule has 8 nitrogen and oxygen atoms in total. The minimum atomic E-state index is -1.04. The van der Waals surface area contributed by atoms with Crippen molar-refractivity contribution >= 4 is 11.9 Å². The molecule has 0 aromatic carbocycles. The number of carbonyl (C=O) groups is 2. The first-order chi connectivity index (χ1) is 12.2. The summed E-state index contributed by atoms with van der Waals surface area (Å²) < 4.78 is 7.15. The Morgan fingerprint density at radius 2 is 2.16 bits per heavy atom. The minimum absolute atomic E-state index is 0.125. The van der Waals surface area contributed by atoms with E-state index in [0.29, 0.717) is 31.1 Å². The van der Waals surface area contributed by atoms with E-state index in [2.05, 4.69) is 9.97 Å². The lowest BCUT2D eigenvalue weighted by Crippen LogP contribution is -2.33. The van der Waals surface area contributed by atoms with Gasteiger partial charge in [-0.3, -0.25) is 14.8 Å². The molecule has 1 fully saturated rings. The monoisotopic (exact) mass is 342 g/mol. The van der Waals surface area contributed by atoms with E-state index < -0.39 is 5.97 Å². The Labute approximate surface area is 144 Å². The molecule has 0 spiro atoms. The fourth-order valence-corrected chi connectivity index (χ4v) is 3.63. The van der Waals surface area contributed by atoms with Crippen LogP contribution >= 0.6 is 0 Å². The van der Waals surface area contributed by atoms with E-state index in [1.165, 1.54) is 6.07 Å². The van der Waals surface area contributed by atoms with E-state index >= 15 is 0 Å². The Kier molecular flexibility index (Phi) is 3.96. The van der Waals surface area contributed by atoms with Crippen molar-refractivity contribution in [3.05, 3.63) is 47.3 Å².